The minimum absolute atomic E-state index is 0.858. The van der Waals surface area contributed by atoms with Crippen LogP contribution in [0.4, 0.5) is 5.69 Å². The molecule has 0 aliphatic heterocycles. The summed E-state index contributed by atoms with van der Waals surface area (Å²) < 4.78 is 8.51. The molecule has 23 heavy (non-hydrogen) atoms. The Bertz CT molecular complexity index is 835. The van der Waals surface area contributed by atoms with E-state index >= 15 is 0 Å². The molecule has 2 aromatic carbocycles. The number of methoxy groups -OCH3 is 1. The number of aromatic nitrogens is 1. The maximum absolute atomic E-state index is 5.18. The number of benzene rings is 2. The van der Waals surface area contributed by atoms with Crippen LogP contribution in [0.5, 0.6) is 5.75 Å². The van der Waals surface area contributed by atoms with Gasteiger partial charge in [-0.25, -0.2) is 0 Å². The van der Waals surface area contributed by atoms with Crippen LogP contribution in [0.2, 0.25) is 0 Å². The van der Waals surface area contributed by atoms with Crippen LogP contribution in [0, 0.1) is 10.5 Å². The van der Waals surface area contributed by atoms with Crippen LogP contribution in [0.3, 0.4) is 0 Å². The topological polar surface area (TPSA) is 26.5 Å². The third kappa shape index (κ3) is 3.82. The molecule has 116 valence electrons. The molecular formula is C19H17IN2O. The lowest BCUT2D eigenvalue weighted by Crippen LogP contribution is -1.90. The third-order valence-electron chi connectivity index (χ3n) is 3.59. The molecule has 0 N–H and O–H groups in total. The van der Waals surface area contributed by atoms with E-state index in [4.69, 9.17) is 4.74 Å². The van der Waals surface area contributed by atoms with Crippen molar-refractivity contribution >= 4 is 34.5 Å². The molecule has 3 rings (SSSR count). The summed E-state index contributed by atoms with van der Waals surface area (Å²) in [5, 5.41) is 0. The van der Waals surface area contributed by atoms with E-state index in [0.717, 1.165) is 22.7 Å². The Hall–Kier alpha value is -2.08. The molecule has 1 heterocycles. The van der Waals surface area contributed by atoms with Crippen molar-refractivity contribution in [1.29, 1.82) is 0 Å². The highest BCUT2D eigenvalue weighted by Gasteiger charge is 1.99. The number of aliphatic imine (C=N–C) groups is 1. The maximum Gasteiger partial charge on any atom is 0.119 e. The second kappa shape index (κ2) is 7.00. The first-order valence-corrected chi connectivity index (χ1v) is 8.36. The molecule has 0 amide bonds. The summed E-state index contributed by atoms with van der Waals surface area (Å²) in [6, 6.07) is 16.2. The van der Waals surface area contributed by atoms with E-state index in [1.165, 1.54) is 9.13 Å². The Morgan fingerprint density at radius 3 is 2.57 bits per heavy atom. The molecule has 0 saturated carbocycles. The van der Waals surface area contributed by atoms with E-state index in [2.05, 4.69) is 57.4 Å². The molecular weight excluding hydrogens is 399 g/mol. The predicted molar refractivity (Wildman–Crippen MR) is 103 cm³/mol. The summed E-state index contributed by atoms with van der Waals surface area (Å²) >= 11 is 2.33. The van der Waals surface area contributed by atoms with Gasteiger partial charge in [0.1, 0.15) is 5.75 Å². The zero-order valence-electron chi connectivity index (χ0n) is 13.0. The van der Waals surface area contributed by atoms with Gasteiger partial charge in [0.2, 0.25) is 0 Å². The highest BCUT2D eigenvalue weighted by molar-refractivity contribution is 14.1. The quantitative estimate of drug-likeness (QED) is 0.427. The van der Waals surface area contributed by atoms with E-state index in [-0.39, 0.29) is 0 Å². The van der Waals surface area contributed by atoms with Crippen LogP contribution in [-0.2, 0) is 0 Å². The molecule has 0 radical (unpaired) electrons. The summed E-state index contributed by atoms with van der Waals surface area (Å²) in [7, 11) is 1.67. The van der Waals surface area contributed by atoms with Gasteiger partial charge < -0.3 is 9.30 Å². The van der Waals surface area contributed by atoms with Gasteiger partial charge in [0.25, 0.3) is 0 Å². The summed E-state index contributed by atoms with van der Waals surface area (Å²) in [5.41, 5.74) is 4.38. The highest BCUT2D eigenvalue weighted by atomic mass is 127. The minimum Gasteiger partial charge on any atom is -0.497 e. The predicted octanol–water partition coefficient (Wildman–Crippen LogP) is 5.15. The fourth-order valence-electron chi connectivity index (χ4n) is 2.26. The van der Waals surface area contributed by atoms with Gasteiger partial charge >= 0.3 is 0 Å². The van der Waals surface area contributed by atoms with Crippen LogP contribution in [-0.4, -0.2) is 17.9 Å². The first-order valence-electron chi connectivity index (χ1n) is 7.28. The number of rotatable bonds is 4. The number of nitrogens with zero attached hydrogens (tertiary/aromatic N) is 2. The Labute approximate surface area is 149 Å². The number of aryl methyl sites for hydroxylation is 1. The van der Waals surface area contributed by atoms with Crippen molar-refractivity contribution in [2.45, 2.75) is 6.92 Å². The van der Waals surface area contributed by atoms with Crippen molar-refractivity contribution in [3.63, 3.8) is 0 Å². The summed E-state index contributed by atoms with van der Waals surface area (Å²) in [4.78, 5) is 4.55. The monoisotopic (exact) mass is 416 g/mol. The van der Waals surface area contributed by atoms with Gasteiger partial charge in [-0.2, -0.15) is 0 Å². The maximum atomic E-state index is 5.18. The Morgan fingerprint density at radius 1 is 1.09 bits per heavy atom. The zero-order valence-corrected chi connectivity index (χ0v) is 15.2. The van der Waals surface area contributed by atoms with Crippen molar-refractivity contribution in [2.24, 2.45) is 4.99 Å². The van der Waals surface area contributed by atoms with Crippen molar-refractivity contribution in [2.75, 3.05) is 7.11 Å². The van der Waals surface area contributed by atoms with Crippen LogP contribution in [0.25, 0.3) is 5.69 Å². The van der Waals surface area contributed by atoms with Crippen LogP contribution in [0.15, 0.2) is 65.9 Å². The molecule has 0 bridgehead atoms. The number of halogens is 1. The molecule has 1 aromatic heterocycles. The second-order valence-corrected chi connectivity index (χ2v) is 6.40. The number of ether oxygens (including phenoxy) is 1. The largest absolute Gasteiger partial charge is 0.497 e. The summed E-state index contributed by atoms with van der Waals surface area (Å²) in [5.74, 6) is 0.858. The van der Waals surface area contributed by atoms with E-state index < -0.39 is 0 Å². The SMILES string of the molecule is COc1ccc(-n2ccc(C=Nc3ccc(I)c(C)c3)c2)cc1. The van der Waals surface area contributed by atoms with Gasteiger partial charge in [-0.05, 0) is 83.6 Å². The molecule has 0 atom stereocenters. The molecule has 0 saturated heterocycles. The lowest BCUT2D eigenvalue weighted by molar-refractivity contribution is 0.415. The Morgan fingerprint density at radius 2 is 1.87 bits per heavy atom. The minimum atomic E-state index is 0.858. The van der Waals surface area contributed by atoms with Crippen molar-refractivity contribution in [1.82, 2.24) is 4.57 Å². The molecule has 0 fully saturated rings. The molecule has 3 aromatic rings. The average molecular weight is 416 g/mol. The first kappa shape index (κ1) is 15.8. The van der Waals surface area contributed by atoms with E-state index in [1.54, 1.807) is 7.11 Å². The first-order chi connectivity index (χ1) is 11.2. The number of hydrogen-bond acceptors (Lipinski definition) is 2. The van der Waals surface area contributed by atoms with Gasteiger partial charge in [0.15, 0.2) is 0 Å². The highest BCUT2D eigenvalue weighted by Crippen LogP contribution is 2.20. The molecule has 3 nitrogen and oxygen atoms in total. The fraction of sp³-hybridized carbons (Fsp3) is 0.105. The smallest absolute Gasteiger partial charge is 0.119 e. The molecule has 0 aliphatic rings. The molecule has 0 aliphatic carbocycles. The Kier molecular flexibility index (Phi) is 4.81. The normalized spacial score (nSPS) is 11.1. The second-order valence-electron chi connectivity index (χ2n) is 5.24. The van der Waals surface area contributed by atoms with Gasteiger partial charge in [0, 0.05) is 33.4 Å². The number of hydrogen-bond donors (Lipinski definition) is 0. The van der Waals surface area contributed by atoms with Crippen molar-refractivity contribution < 1.29 is 4.74 Å². The van der Waals surface area contributed by atoms with Crippen LogP contribution in [0.1, 0.15) is 11.1 Å². The lowest BCUT2D eigenvalue weighted by atomic mass is 10.2. The van der Waals surface area contributed by atoms with Crippen molar-refractivity contribution in [3.8, 4) is 11.4 Å². The van der Waals surface area contributed by atoms with Gasteiger partial charge in [0.05, 0.1) is 12.8 Å². The summed E-state index contributed by atoms with van der Waals surface area (Å²) in [6.07, 6.45) is 5.98. The van der Waals surface area contributed by atoms with Crippen LogP contribution >= 0.6 is 22.6 Å². The van der Waals surface area contributed by atoms with E-state index in [0.29, 0.717) is 0 Å². The average Bonchev–Trinajstić information content (AvgIpc) is 3.05. The molecule has 4 heteroatoms. The van der Waals surface area contributed by atoms with Gasteiger partial charge in [-0.15, -0.1) is 0 Å². The van der Waals surface area contributed by atoms with E-state index in [9.17, 15) is 0 Å². The zero-order chi connectivity index (χ0) is 16.2. The molecule has 0 spiro atoms. The fourth-order valence-corrected chi connectivity index (χ4v) is 2.60. The van der Waals surface area contributed by atoms with Gasteiger partial charge in [-0.3, -0.25) is 4.99 Å². The third-order valence-corrected chi connectivity index (χ3v) is 4.80. The Balaban J connectivity index is 1.78. The van der Waals surface area contributed by atoms with Crippen molar-refractivity contribution in [3.05, 3.63) is 75.6 Å². The van der Waals surface area contributed by atoms with Crippen LogP contribution < -0.4 is 4.74 Å². The van der Waals surface area contributed by atoms with E-state index in [1.807, 2.05) is 48.8 Å². The van der Waals surface area contributed by atoms with Gasteiger partial charge in [-0.1, -0.05) is 0 Å². The molecule has 0 unspecified atom stereocenters. The lowest BCUT2D eigenvalue weighted by Gasteiger charge is -2.04. The summed E-state index contributed by atoms with van der Waals surface area (Å²) in [6.45, 7) is 2.10. The standard InChI is InChI=1S/C19H17IN2O/c1-14-11-16(3-8-19(14)20)21-12-15-9-10-22(13-15)17-4-6-18(23-2)7-5-17/h3-13H,1-2H3.